The first-order valence-electron chi connectivity index (χ1n) is 5.02. The maximum absolute atomic E-state index is 12.2. The van der Waals surface area contributed by atoms with Crippen molar-refractivity contribution >= 4 is 29.2 Å². The van der Waals surface area contributed by atoms with Gasteiger partial charge in [0.1, 0.15) is 5.75 Å². The molecule has 2 rings (SSSR count). The van der Waals surface area contributed by atoms with Crippen molar-refractivity contribution in [3.63, 3.8) is 0 Å². The van der Waals surface area contributed by atoms with Gasteiger partial charge in [-0.25, -0.2) is 0 Å². The maximum atomic E-state index is 12.2. The van der Waals surface area contributed by atoms with Crippen LogP contribution in [-0.2, 0) is 0 Å². The molecule has 1 aromatic carbocycles. The minimum atomic E-state index is -2.94. The first-order chi connectivity index (χ1) is 9.04. The summed E-state index contributed by atoms with van der Waals surface area (Å²) >= 11 is 5.61. The van der Waals surface area contributed by atoms with Crippen LogP contribution in [0.1, 0.15) is 0 Å². The van der Waals surface area contributed by atoms with E-state index >= 15 is 0 Å². The molecule has 0 unspecified atom stereocenters. The molecule has 0 bridgehead atoms. The fraction of sp³-hybridized carbons (Fsp3) is 0.100. The van der Waals surface area contributed by atoms with Gasteiger partial charge in [-0.2, -0.15) is 23.7 Å². The van der Waals surface area contributed by atoms with E-state index in [1.54, 1.807) is 12.1 Å². The van der Waals surface area contributed by atoms with E-state index < -0.39 is 6.61 Å². The quantitative estimate of drug-likeness (QED) is 0.898. The van der Waals surface area contributed by atoms with Crippen LogP contribution < -0.4 is 15.8 Å². The fourth-order valence-corrected chi connectivity index (χ4v) is 1.48. The second kappa shape index (κ2) is 5.61. The number of alkyl halides is 2. The molecule has 9 heteroatoms. The number of anilines is 3. The highest BCUT2D eigenvalue weighted by Gasteiger charge is 2.11. The second-order valence-electron chi connectivity index (χ2n) is 3.29. The lowest BCUT2D eigenvalue weighted by atomic mass is 10.3. The Morgan fingerprint density at radius 1 is 1.21 bits per heavy atom. The molecule has 0 fully saturated rings. The number of aromatic nitrogens is 3. The molecular weight excluding hydrogens is 280 g/mol. The Kier molecular flexibility index (Phi) is 3.91. The molecule has 100 valence electrons. The monoisotopic (exact) mass is 287 g/mol. The molecule has 0 aliphatic carbocycles. The summed E-state index contributed by atoms with van der Waals surface area (Å²) in [4.78, 5) is 11.1. The highest BCUT2D eigenvalue weighted by atomic mass is 35.5. The van der Waals surface area contributed by atoms with Crippen molar-refractivity contribution in [1.29, 1.82) is 0 Å². The van der Waals surface area contributed by atoms with E-state index in [9.17, 15) is 8.78 Å². The average molecular weight is 288 g/mol. The van der Waals surface area contributed by atoms with Gasteiger partial charge in [-0.1, -0.05) is 12.1 Å². The number of hydrogen-bond donors (Lipinski definition) is 2. The number of nitrogens with zero attached hydrogens (tertiary/aromatic N) is 3. The molecule has 2 aromatic rings. The van der Waals surface area contributed by atoms with Crippen molar-refractivity contribution in [3.8, 4) is 5.75 Å². The molecular formula is C10H8ClF2N5O. The van der Waals surface area contributed by atoms with Crippen LogP contribution in [0.4, 0.5) is 26.4 Å². The van der Waals surface area contributed by atoms with Gasteiger partial charge in [-0.15, -0.1) is 0 Å². The number of nitrogens with one attached hydrogen (secondary N) is 1. The Hall–Kier alpha value is -2.22. The number of nitrogens with two attached hydrogens (primary N) is 1. The number of hydrogen-bond acceptors (Lipinski definition) is 6. The molecule has 1 aromatic heterocycles. The number of para-hydroxylation sites is 2. The Balaban J connectivity index is 2.27. The Bertz CT molecular complexity index is 563. The van der Waals surface area contributed by atoms with E-state index in [1.165, 1.54) is 12.1 Å². The highest BCUT2D eigenvalue weighted by Crippen LogP contribution is 2.27. The van der Waals surface area contributed by atoms with Gasteiger partial charge in [0, 0.05) is 0 Å². The van der Waals surface area contributed by atoms with Crippen molar-refractivity contribution in [2.75, 3.05) is 11.1 Å². The van der Waals surface area contributed by atoms with Gasteiger partial charge in [0.25, 0.3) is 0 Å². The minimum Gasteiger partial charge on any atom is -0.433 e. The molecule has 0 atom stereocenters. The van der Waals surface area contributed by atoms with Crippen LogP contribution in [0.15, 0.2) is 24.3 Å². The molecule has 1 heterocycles. The fourth-order valence-electron chi connectivity index (χ4n) is 1.31. The van der Waals surface area contributed by atoms with Crippen molar-refractivity contribution in [3.05, 3.63) is 29.5 Å². The summed E-state index contributed by atoms with van der Waals surface area (Å²) in [5, 5.41) is 2.57. The average Bonchev–Trinajstić information content (AvgIpc) is 2.29. The van der Waals surface area contributed by atoms with Gasteiger partial charge in [0.15, 0.2) is 0 Å². The van der Waals surface area contributed by atoms with Gasteiger partial charge in [0.2, 0.25) is 17.2 Å². The van der Waals surface area contributed by atoms with E-state index in [0.29, 0.717) is 0 Å². The van der Waals surface area contributed by atoms with Crippen LogP contribution in [-0.4, -0.2) is 21.6 Å². The van der Waals surface area contributed by atoms with Gasteiger partial charge >= 0.3 is 6.61 Å². The third-order valence-electron chi connectivity index (χ3n) is 1.98. The smallest absolute Gasteiger partial charge is 0.387 e. The normalized spacial score (nSPS) is 10.5. The molecule has 0 radical (unpaired) electrons. The SMILES string of the molecule is Nc1nc(Cl)nc(Nc2ccccc2OC(F)F)n1. The predicted molar refractivity (Wildman–Crippen MR) is 65.6 cm³/mol. The maximum Gasteiger partial charge on any atom is 0.387 e. The zero-order chi connectivity index (χ0) is 13.8. The van der Waals surface area contributed by atoms with Gasteiger partial charge < -0.3 is 15.8 Å². The summed E-state index contributed by atoms with van der Waals surface area (Å²) in [5.74, 6) is -0.106. The molecule has 0 aliphatic heterocycles. The summed E-state index contributed by atoms with van der Waals surface area (Å²) in [7, 11) is 0. The molecule has 6 nitrogen and oxygen atoms in total. The largest absolute Gasteiger partial charge is 0.433 e. The van der Waals surface area contributed by atoms with Crippen molar-refractivity contribution in [2.24, 2.45) is 0 Å². The third kappa shape index (κ3) is 3.62. The molecule has 0 amide bonds. The first-order valence-corrected chi connectivity index (χ1v) is 5.40. The van der Waals surface area contributed by atoms with Crippen molar-refractivity contribution in [1.82, 2.24) is 15.0 Å². The number of ether oxygens (including phenoxy) is 1. The number of nitrogen functional groups attached to an aromatic ring is 1. The Morgan fingerprint density at radius 3 is 2.63 bits per heavy atom. The van der Waals surface area contributed by atoms with E-state index in [-0.39, 0.29) is 28.6 Å². The van der Waals surface area contributed by atoms with Crippen molar-refractivity contribution < 1.29 is 13.5 Å². The minimum absolute atomic E-state index is 0.0304. The summed E-state index contributed by atoms with van der Waals surface area (Å²) in [6.45, 7) is -2.94. The van der Waals surface area contributed by atoms with Crippen LogP contribution >= 0.6 is 11.6 Å². The van der Waals surface area contributed by atoms with Gasteiger partial charge in [-0.3, -0.25) is 0 Å². The first kappa shape index (κ1) is 13.2. The molecule has 3 N–H and O–H groups in total. The third-order valence-corrected chi connectivity index (χ3v) is 2.14. The van der Waals surface area contributed by atoms with Crippen molar-refractivity contribution in [2.45, 2.75) is 6.61 Å². The predicted octanol–water partition coefficient (Wildman–Crippen LogP) is 2.45. The zero-order valence-corrected chi connectivity index (χ0v) is 10.1. The number of rotatable bonds is 4. The standard InChI is InChI=1S/C10H8ClF2N5O/c11-7-16-9(14)18-10(17-7)15-5-3-1-2-4-6(5)19-8(12)13/h1-4,8H,(H3,14,15,16,17,18). The molecule has 19 heavy (non-hydrogen) atoms. The molecule has 0 saturated carbocycles. The highest BCUT2D eigenvalue weighted by molar-refractivity contribution is 6.28. The second-order valence-corrected chi connectivity index (χ2v) is 3.62. The van der Waals surface area contributed by atoms with E-state index in [0.717, 1.165) is 0 Å². The van der Waals surface area contributed by atoms with Gasteiger partial charge in [0.05, 0.1) is 5.69 Å². The topological polar surface area (TPSA) is 86.0 Å². The molecule has 0 spiro atoms. The van der Waals surface area contributed by atoms with E-state index in [1.807, 2.05) is 0 Å². The van der Waals surface area contributed by atoms with E-state index in [2.05, 4.69) is 25.0 Å². The Labute approximate surface area is 111 Å². The van der Waals surface area contributed by atoms with Crippen LogP contribution in [0.5, 0.6) is 5.75 Å². The summed E-state index contributed by atoms with van der Waals surface area (Å²) in [6, 6.07) is 6.08. The number of halogens is 3. The zero-order valence-electron chi connectivity index (χ0n) is 9.35. The Morgan fingerprint density at radius 2 is 1.95 bits per heavy atom. The van der Waals surface area contributed by atoms with Crippen LogP contribution in [0, 0.1) is 0 Å². The van der Waals surface area contributed by atoms with Gasteiger partial charge in [-0.05, 0) is 23.7 Å². The summed E-state index contributed by atoms with van der Waals surface area (Å²) < 4.78 is 28.8. The van der Waals surface area contributed by atoms with Crippen LogP contribution in [0.25, 0.3) is 0 Å². The van der Waals surface area contributed by atoms with E-state index in [4.69, 9.17) is 17.3 Å². The number of benzene rings is 1. The summed E-state index contributed by atoms with van der Waals surface area (Å²) in [6.07, 6.45) is 0. The lowest BCUT2D eigenvalue weighted by molar-refractivity contribution is -0.0493. The van der Waals surface area contributed by atoms with Crippen LogP contribution in [0.2, 0.25) is 5.28 Å². The molecule has 0 aliphatic rings. The lowest BCUT2D eigenvalue weighted by Gasteiger charge is -2.11. The molecule has 0 saturated heterocycles. The summed E-state index contributed by atoms with van der Waals surface area (Å²) in [5.41, 5.74) is 5.65. The lowest BCUT2D eigenvalue weighted by Crippen LogP contribution is -2.07. The van der Waals surface area contributed by atoms with Crippen LogP contribution in [0.3, 0.4) is 0 Å².